The molecule has 0 spiro atoms. The zero-order chi connectivity index (χ0) is 17.4. The molecule has 4 nitrogen and oxygen atoms in total. The summed E-state index contributed by atoms with van der Waals surface area (Å²) in [6.45, 7) is 1.76. The van der Waals surface area contributed by atoms with Crippen molar-refractivity contribution in [1.29, 1.82) is 0 Å². The van der Waals surface area contributed by atoms with Crippen LogP contribution in [0.15, 0.2) is 0 Å². The summed E-state index contributed by atoms with van der Waals surface area (Å²) in [6.07, 6.45) is 17.9. The molecule has 2 N–H and O–H groups in total. The summed E-state index contributed by atoms with van der Waals surface area (Å²) < 4.78 is 30.7. The summed E-state index contributed by atoms with van der Waals surface area (Å²) in [6, 6.07) is 0. The van der Waals surface area contributed by atoms with Crippen LogP contribution in [0.1, 0.15) is 103 Å². The average Bonchev–Trinajstić information content (AvgIpc) is 2.50. The van der Waals surface area contributed by atoms with Gasteiger partial charge in [-0.05, 0) is 6.42 Å². The Bertz CT molecular complexity index is 341. The van der Waals surface area contributed by atoms with Crippen molar-refractivity contribution in [2.24, 2.45) is 0 Å². The molecule has 140 valence electrons. The van der Waals surface area contributed by atoms with Gasteiger partial charge in [0.25, 0.3) is 10.1 Å². The molecular weight excluding hydrogens is 312 g/mol. The number of unbranched alkanes of at least 4 members (excludes halogenated alkanes) is 13. The summed E-state index contributed by atoms with van der Waals surface area (Å²) in [5.41, 5.74) is 0. The molecule has 0 aromatic rings. The molecule has 0 fully saturated rings. The van der Waals surface area contributed by atoms with Gasteiger partial charge in [0.05, 0.1) is 6.61 Å². The molecule has 0 radical (unpaired) electrons. The second-order valence-corrected chi connectivity index (χ2v) is 8.40. The second kappa shape index (κ2) is 15.4. The second-order valence-electron chi connectivity index (χ2n) is 6.70. The van der Waals surface area contributed by atoms with Crippen molar-refractivity contribution < 1.29 is 18.1 Å². The summed E-state index contributed by atoms with van der Waals surface area (Å²) in [5, 5.41) is 7.93. The highest BCUT2D eigenvalue weighted by atomic mass is 32.2. The smallest absolute Gasteiger partial charge is 0.270 e. The van der Waals surface area contributed by atoms with E-state index in [4.69, 9.17) is 9.66 Å². The van der Waals surface area contributed by atoms with Crippen molar-refractivity contribution in [2.45, 2.75) is 108 Å². The maximum absolute atomic E-state index is 10.9. The van der Waals surface area contributed by atoms with E-state index < -0.39 is 22.0 Å². The predicted octanol–water partition coefficient (Wildman–Crippen LogP) is 5.11. The van der Waals surface area contributed by atoms with Crippen LogP contribution in [0.2, 0.25) is 0 Å². The summed E-state index contributed by atoms with van der Waals surface area (Å²) in [7, 11) is -4.08. The molecule has 0 amide bonds. The quantitative estimate of drug-likeness (QED) is 0.282. The maximum Gasteiger partial charge on any atom is 0.270 e. The lowest BCUT2D eigenvalue weighted by atomic mass is 10.0. The van der Waals surface area contributed by atoms with E-state index >= 15 is 0 Å². The van der Waals surface area contributed by atoms with E-state index in [1.165, 1.54) is 70.6 Å². The zero-order valence-corrected chi connectivity index (χ0v) is 15.8. The van der Waals surface area contributed by atoms with Gasteiger partial charge in [-0.3, -0.25) is 4.55 Å². The fourth-order valence-corrected chi connectivity index (χ4v) is 3.55. The van der Waals surface area contributed by atoms with Gasteiger partial charge in [0.2, 0.25) is 0 Å². The summed E-state index contributed by atoms with van der Waals surface area (Å²) >= 11 is 0. The molecule has 1 atom stereocenters. The number of aliphatic hydroxyl groups excluding tert-OH is 1. The molecule has 0 saturated heterocycles. The largest absolute Gasteiger partial charge is 0.395 e. The van der Waals surface area contributed by atoms with Gasteiger partial charge >= 0.3 is 0 Å². The molecule has 0 aliphatic rings. The first-order chi connectivity index (χ1) is 11.0. The number of hydrogen-bond acceptors (Lipinski definition) is 3. The van der Waals surface area contributed by atoms with E-state index in [0.717, 1.165) is 19.3 Å². The fourth-order valence-electron chi connectivity index (χ4n) is 2.90. The molecule has 23 heavy (non-hydrogen) atoms. The Hall–Kier alpha value is -0.130. The molecule has 0 bridgehead atoms. The van der Waals surface area contributed by atoms with Crippen LogP contribution in [0.3, 0.4) is 0 Å². The molecule has 0 heterocycles. The third-order valence-electron chi connectivity index (χ3n) is 4.50. The minimum atomic E-state index is -4.08. The molecule has 0 aromatic carbocycles. The highest BCUT2D eigenvalue weighted by Gasteiger charge is 2.20. The maximum atomic E-state index is 10.9. The van der Waals surface area contributed by atoms with Crippen LogP contribution in [-0.2, 0) is 10.1 Å². The normalized spacial score (nSPS) is 13.3. The van der Waals surface area contributed by atoms with Gasteiger partial charge in [-0.25, -0.2) is 0 Å². The fraction of sp³-hybridized carbons (Fsp3) is 1.00. The first-order valence-corrected chi connectivity index (χ1v) is 11.1. The van der Waals surface area contributed by atoms with E-state index in [0.29, 0.717) is 6.42 Å². The van der Waals surface area contributed by atoms with Crippen LogP contribution >= 0.6 is 0 Å². The number of aliphatic hydroxyl groups is 1. The minimum Gasteiger partial charge on any atom is -0.395 e. The lowest BCUT2D eigenvalue weighted by Gasteiger charge is -2.10. The van der Waals surface area contributed by atoms with Crippen LogP contribution in [0.25, 0.3) is 0 Å². The summed E-state index contributed by atoms with van der Waals surface area (Å²) in [5.74, 6) is 0. The van der Waals surface area contributed by atoms with Crippen molar-refractivity contribution in [3.05, 3.63) is 0 Å². The van der Waals surface area contributed by atoms with Gasteiger partial charge in [-0.1, -0.05) is 96.8 Å². The first kappa shape index (κ1) is 22.9. The van der Waals surface area contributed by atoms with Crippen LogP contribution in [0.4, 0.5) is 0 Å². The Morgan fingerprint density at radius 3 is 1.35 bits per heavy atom. The third kappa shape index (κ3) is 15.2. The van der Waals surface area contributed by atoms with Gasteiger partial charge in [-0.2, -0.15) is 8.42 Å². The van der Waals surface area contributed by atoms with E-state index in [1.807, 2.05) is 0 Å². The number of hydrogen-bond donors (Lipinski definition) is 2. The van der Waals surface area contributed by atoms with Crippen molar-refractivity contribution in [3.8, 4) is 0 Å². The zero-order valence-electron chi connectivity index (χ0n) is 15.0. The van der Waals surface area contributed by atoms with Crippen LogP contribution < -0.4 is 0 Å². The average molecular weight is 351 g/mol. The Labute approximate surface area is 143 Å². The topological polar surface area (TPSA) is 74.6 Å². The van der Waals surface area contributed by atoms with Gasteiger partial charge < -0.3 is 5.11 Å². The van der Waals surface area contributed by atoms with Crippen molar-refractivity contribution >= 4 is 10.1 Å². The van der Waals surface area contributed by atoms with Crippen LogP contribution in [-0.4, -0.2) is 29.9 Å². The standard InChI is InChI=1S/C18H38O4S/c1-2-3-4-5-6-7-8-9-10-11-12-13-14-15-16-18(17-19)23(20,21)22/h18-19H,2-17H2,1H3,(H,20,21,22). The van der Waals surface area contributed by atoms with Gasteiger partial charge in [-0.15, -0.1) is 0 Å². The Balaban J connectivity index is 3.25. The molecule has 0 aliphatic carbocycles. The van der Waals surface area contributed by atoms with Crippen molar-refractivity contribution in [1.82, 2.24) is 0 Å². The Morgan fingerprint density at radius 1 is 0.696 bits per heavy atom. The highest BCUT2D eigenvalue weighted by Crippen LogP contribution is 2.15. The molecule has 1 unspecified atom stereocenters. The first-order valence-electron chi connectivity index (χ1n) is 9.59. The monoisotopic (exact) mass is 350 g/mol. The third-order valence-corrected chi connectivity index (χ3v) is 5.73. The lowest BCUT2D eigenvalue weighted by Crippen LogP contribution is -2.24. The van der Waals surface area contributed by atoms with E-state index in [-0.39, 0.29) is 0 Å². The molecular formula is C18H38O4S. The molecule has 0 saturated carbocycles. The van der Waals surface area contributed by atoms with E-state index in [2.05, 4.69) is 6.92 Å². The van der Waals surface area contributed by atoms with Gasteiger partial charge in [0, 0.05) is 0 Å². The SMILES string of the molecule is CCCCCCCCCCCCCCCCC(CO)S(=O)(=O)O. The highest BCUT2D eigenvalue weighted by molar-refractivity contribution is 7.86. The lowest BCUT2D eigenvalue weighted by molar-refractivity contribution is 0.276. The van der Waals surface area contributed by atoms with Crippen molar-refractivity contribution in [2.75, 3.05) is 6.61 Å². The number of rotatable bonds is 17. The minimum absolute atomic E-state index is 0.355. The molecule has 0 aliphatic heterocycles. The van der Waals surface area contributed by atoms with Gasteiger partial charge in [0.1, 0.15) is 5.25 Å². The van der Waals surface area contributed by atoms with E-state index in [1.54, 1.807) is 0 Å². The molecule has 0 rings (SSSR count). The predicted molar refractivity (Wildman–Crippen MR) is 97.4 cm³/mol. The Morgan fingerprint density at radius 2 is 1.04 bits per heavy atom. The van der Waals surface area contributed by atoms with Crippen LogP contribution in [0.5, 0.6) is 0 Å². The molecule has 5 heteroatoms. The Kier molecular flexibility index (Phi) is 15.3. The van der Waals surface area contributed by atoms with Crippen LogP contribution in [0, 0.1) is 0 Å². The van der Waals surface area contributed by atoms with E-state index in [9.17, 15) is 8.42 Å². The summed E-state index contributed by atoms with van der Waals surface area (Å²) in [4.78, 5) is 0. The van der Waals surface area contributed by atoms with Crippen molar-refractivity contribution in [3.63, 3.8) is 0 Å². The van der Waals surface area contributed by atoms with Gasteiger partial charge in [0.15, 0.2) is 0 Å². The molecule has 0 aromatic heterocycles.